The van der Waals surface area contributed by atoms with E-state index in [4.69, 9.17) is 0 Å². The number of aromatic nitrogens is 1. The van der Waals surface area contributed by atoms with E-state index in [1.54, 1.807) is 11.3 Å². The highest BCUT2D eigenvalue weighted by Gasteiger charge is 2.21. The Bertz CT molecular complexity index is 656. The number of carbonyl (C=O) groups excluding carboxylic acids is 1. The van der Waals surface area contributed by atoms with Gasteiger partial charge in [-0.15, -0.1) is 11.3 Å². The number of thiazole rings is 1. The number of amides is 1. The van der Waals surface area contributed by atoms with E-state index in [0.29, 0.717) is 6.42 Å². The second-order valence-electron chi connectivity index (χ2n) is 7.48. The predicted molar refractivity (Wildman–Crippen MR) is 105 cm³/mol. The van der Waals surface area contributed by atoms with Gasteiger partial charge in [0.2, 0.25) is 5.91 Å². The summed E-state index contributed by atoms with van der Waals surface area (Å²) in [7, 11) is 0. The molecule has 25 heavy (non-hydrogen) atoms. The first-order valence-electron chi connectivity index (χ1n) is 9.43. The number of aryl methyl sites for hydroxylation is 1. The Kier molecular flexibility index (Phi) is 6.43. The summed E-state index contributed by atoms with van der Waals surface area (Å²) in [6.07, 6.45) is 3.63. The molecule has 2 atom stereocenters. The lowest BCUT2D eigenvalue weighted by Gasteiger charge is -2.34. The van der Waals surface area contributed by atoms with E-state index in [0.717, 1.165) is 48.3 Å². The first-order valence-corrected chi connectivity index (χ1v) is 10.3. The van der Waals surface area contributed by atoms with Gasteiger partial charge in [0, 0.05) is 32.5 Å². The molecule has 136 valence electrons. The largest absolute Gasteiger partial charge is 0.356 e. The van der Waals surface area contributed by atoms with E-state index in [1.807, 2.05) is 18.2 Å². The molecule has 1 aromatic heterocycles. The lowest BCUT2D eigenvalue weighted by Crippen LogP contribution is -2.40. The van der Waals surface area contributed by atoms with Crippen molar-refractivity contribution in [3.8, 4) is 0 Å². The number of nitrogens with zero attached hydrogens (tertiary/aromatic N) is 2. The van der Waals surface area contributed by atoms with Gasteiger partial charge in [-0.05, 0) is 43.4 Å². The molecule has 0 aliphatic carbocycles. The summed E-state index contributed by atoms with van der Waals surface area (Å²) in [6, 6.07) is 8.14. The van der Waals surface area contributed by atoms with Crippen molar-refractivity contribution in [3.05, 3.63) is 29.3 Å². The first-order chi connectivity index (χ1) is 12.1. The van der Waals surface area contributed by atoms with E-state index >= 15 is 0 Å². The molecule has 2 heterocycles. The molecule has 1 fully saturated rings. The fourth-order valence-corrected chi connectivity index (χ4v) is 4.81. The van der Waals surface area contributed by atoms with Crippen LogP contribution in [0, 0.1) is 11.8 Å². The maximum atomic E-state index is 12.0. The number of rotatable bonds is 7. The van der Waals surface area contributed by atoms with Crippen LogP contribution in [0.2, 0.25) is 0 Å². The van der Waals surface area contributed by atoms with Gasteiger partial charge in [0.1, 0.15) is 0 Å². The predicted octanol–water partition coefficient (Wildman–Crippen LogP) is 3.71. The average molecular weight is 360 g/mol. The number of hydrogen-bond donors (Lipinski definition) is 1. The monoisotopic (exact) mass is 359 g/mol. The highest BCUT2D eigenvalue weighted by atomic mass is 32.1. The molecule has 0 saturated carbocycles. The van der Waals surface area contributed by atoms with Crippen molar-refractivity contribution >= 4 is 27.5 Å². The summed E-state index contributed by atoms with van der Waals surface area (Å²) in [5.74, 6) is 1.74. The highest BCUT2D eigenvalue weighted by Crippen LogP contribution is 2.22. The standard InChI is InChI=1S/C20H29N3OS/c1-15-12-16(2)14-23(13-15)11-5-10-21-19(24)8-9-20-22-17-6-3-4-7-18(17)25-20/h3-4,6-7,15-16H,5,8-14H2,1-2H3,(H,21,24)/t15-,16-/m1/s1. The second-order valence-corrected chi connectivity index (χ2v) is 8.60. The van der Waals surface area contributed by atoms with Crippen LogP contribution in [0.5, 0.6) is 0 Å². The zero-order valence-corrected chi connectivity index (χ0v) is 16.1. The fraction of sp³-hybridized carbons (Fsp3) is 0.600. The van der Waals surface area contributed by atoms with Crippen LogP contribution in [0.1, 0.15) is 38.1 Å². The summed E-state index contributed by atoms with van der Waals surface area (Å²) in [4.78, 5) is 19.2. The zero-order chi connectivity index (χ0) is 17.6. The zero-order valence-electron chi connectivity index (χ0n) is 15.3. The van der Waals surface area contributed by atoms with Crippen LogP contribution in [0.4, 0.5) is 0 Å². The number of hydrogen-bond acceptors (Lipinski definition) is 4. The number of para-hydroxylation sites is 1. The lowest BCUT2D eigenvalue weighted by atomic mass is 9.92. The van der Waals surface area contributed by atoms with Gasteiger partial charge in [-0.3, -0.25) is 4.79 Å². The minimum Gasteiger partial charge on any atom is -0.356 e. The minimum atomic E-state index is 0.139. The van der Waals surface area contributed by atoms with Gasteiger partial charge in [0.05, 0.1) is 15.2 Å². The number of carbonyl (C=O) groups is 1. The van der Waals surface area contributed by atoms with Gasteiger partial charge in [-0.1, -0.05) is 26.0 Å². The molecule has 0 unspecified atom stereocenters. The van der Waals surface area contributed by atoms with E-state index in [-0.39, 0.29) is 5.91 Å². The molecule has 1 N–H and O–H groups in total. The van der Waals surface area contributed by atoms with E-state index in [1.165, 1.54) is 24.2 Å². The summed E-state index contributed by atoms with van der Waals surface area (Å²) >= 11 is 1.69. The molecule has 0 radical (unpaired) electrons. The highest BCUT2D eigenvalue weighted by molar-refractivity contribution is 7.18. The Labute approximate surface area is 154 Å². The van der Waals surface area contributed by atoms with Crippen LogP contribution >= 0.6 is 11.3 Å². The SMILES string of the molecule is C[C@@H]1C[C@@H](C)CN(CCCNC(=O)CCc2nc3ccccc3s2)C1. The summed E-state index contributed by atoms with van der Waals surface area (Å²) in [6.45, 7) is 8.95. The Hall–Kier alpha value is -1.46. The molecular weight excluding hydrogens is 330 g/mol. The molecule has 1 aliphatic rings. The summed E-state index contributed by atoms with van der Waals surface area (Å²) < 4.78 is 1.20. The van der Waals surface area contributed by atoms with Crippen molar-refractivity contribution in [2.75, 3.05) is 26.2 Å². The van der Waals surface area contributed by atoms with Gasteiger partial charge in [-0.25, -0.2) is 4.98 Å². The summed E-state index contributed by atoms with van der Waals surface area (Å²) in [5, 5.41) is 4.11. The molecule has 1 saturated heterocycles. The minimum absolute atomic E-state index is 0.139. The molecule has 1 aliphatic heterocycles. The van der Waals surface area contributed by atoms with Crippen LogP contribution < -0.4 is 5.32 Å². The molecule has 5 heteroatoms. The maximum absolute atomic E-state index is 12.0. The van der Waals surface area contributed by atoms with Crippen LogP contribution in [0.25, 0.3) is 10.2 Å². The third-order valence-electron chi connectivity index (χ3n) is 4.82. The van der Waals surface area contributed by atoms with Gasteiger partial charge in [0.15, 0.2) is 0 Å². The van der Waals surface area contributed by atoms with Gasteiger partial charge < -0.3 is 10.2 Å². The third-order valence-corrected chi connectivity index (χ3v) is 5.92. The molecular formula is C20H29N3OS. The molecule has 0 spiro atoms. The quantitative estimate of drug-likeness (QED) is 0.767. The van der Waals surface area contributed by atoms with Crippen molar-refractivity contribution < 1.29 is 4.79 Å². The van der Waals surface area contributed by atoms with Gasteiger partial charge in [0.25, 0.3) is 0 Å². The number of piperidine rings is 1. The average Bonchev–Trinajstić information content (AvgIpc) is 2.99. The summed E-state index contributed by atoms with van der Waals surface area (Å²) in [5.41, 5.74) is 1.04. The van der Waals surface area contributed by atoms with Crippen molar-refractivity contribution in [1.82, 2.24) is 15.2 Å². The topological polar surface area (TPSA) is 45.2 Å². The molecule has 1 aromatic carbocycles. The van der Waals surface area contributed by atoms with Crippen LogP contribution in [0.3, 0.4) is 0 Å². The fourth-order valence-electron chi connectivity index (χ4n) is 3.84. The van der Waals surface area contributed by atoms with Crippen LogP contribution in [0.15, 0.2) is 24.3 Å². The van der Waals surface area contributed by atoms with Crippen LogP contribution in [-0.4, -0.2) is 42.0 Å². The van der Waals surface area contributed by atoms with Gasteiger partial charge in [-0.2, -0.15) is 0 Å². The van der Waals surface area contributed by atoms with Crippen molar-refractivity contribution in [3.63, 3.8) is 0 Å². The van der Waals surface area contributed by atoms with Crippen LogP contribution in [-0.2, 0) is 11.2 Å². The molecule has 0 bridgehead atoms. The maximum Gasteiger partial charge on any atom is 0.220 e. The third kappa shape index (κ3) is 5.51. The number of nitrogens with one attached hydrogen (secondary N) is 1. The number of benzene rings is 1. The second kappa shape index (κ2) is 8.77. The van der Waals surface area contributed by atoms with Crippen molar-refractivity contribution in [1.29, 1.82) is 0 Å². The lowest BCUT2D eigenvalue weighted by molar-refractivity contribution is -0.121. The molecule has 3 rings (SSSR count). The van der Waals surface area contributed by atoms with Crippen molar-refractivity contribution in [2.24, 2.45) is 11.8 Å². The molecule has 1 amide bonds. The Morgan fingerprint density at radius 1 is 1.28 bits per heavy atom. The number of likely N-dealkylation sites (tertiary alicyclic amines) is 1. The Morgan fingerprint density at radius 2 is 2.04 bits per heavy atom. The van der Waals surface area contributed by atoms with E-state index < -0.39 is 0 Å². The van der Waals surface area contributed by atoms with Gasteiger partial charge >= 0.3 is 0 Å². The first kappa shape index (κ1) is 18.3. The van der Waals surface area contributed by atoms with E-state index in [9.17, 15) is 4.79 Å². The molecule has 4 nitrogen and oxygen atoms in total. The molecule has 2 aromatic rings. The van der Waals surface area contributed by atoms with Crippen molar-refractivity contribution in [2.45, 2.75) is 39.5 Å². The Morgan fingerprint density at radius 3 is 2.80 bits per heavy atom. The van der Waals surface area contributed by atoms with E-state index in [2.05, 4.69) is 35.1 Å². The smallest absolute Gasteiger partial charge is 0.220 e. The normalized spacial score (nSPS) is 21.5. The number of fused-ring (bicyclic) bond motifs is 1. The Balaban J connectivity index is 1.33.